The summed E-state index contributed by atoms with van der Waals surface area (Å²) in [7, 11) is 0. The van der Waals surface area contributed by atoms with E-state index in [9.17, 15) is 14.4 Å². The van der Waals surface area contributed by atoms with E-state index in [0.717, 1.165) is 11.8 Å². The fourth-order valence-corrected chi connectivity index (χ4v) is 3.99. The van der Waals surface area contributed by atoms with Crippen molar-refractivity contribution in [3.05, 3.63) is 11.1 Å². The van der Waals surface area contributed by atoms with Crippen molar-refractivity contribution in [2.45, 2.75) is 44.8 Å². The Kier molecular flexibility index (Phi) is 9.05. The molecular formula is C17H24N6O5S2. The van der Waals surface area contributed by atoms with Crippen LogP contribution in [0.2, 0.25) is 0 Å². The molecule has 2 rings (SSSR count). The molecule has 2 aromatic rings. The molecule has 164 valence electrons. The highest BCUT2D eigenvalue weighted by molar-refractivity contribution is 7.99. The maximum atomic E-state index is 12.9. The van der Waals surface area contributed by atoms with E-state index >= 15 is 0 Å². The van der Waals surface area contributed by atoms with Crippen molar-refractivity contribution in [2.24, 2.45) is 0 Å². The molecule has 2 aromatic heterocycles. The molecule has 1 unspecified atom stereocenters. The number of nitrogens with zero attached hydrogens (tertiary/aromatic N) is 4. The predicted octanol–water partition coefficient (Wildman–Crippen LogP) is 1.67. The number of nitrogens with one attached hydrogen (secondary N) is 1. The third-order valence-electron chi connectivity index (χ3n) is 3.73. The van der Waals surface area contributed by atoms with E-state index in [1.165, 1.54) is 15.9 Å². The molecule has 1 amide bonds. The molecule has 0 aliphatic heterocycles. The van der Waals surface area contributed by atoms with Gasteiger partial charge in [-0.15, -0.1) is 21.5 Å². The number of carbonyl (C=O) groups excluding carboxylic acids is 3. The zero-order valence-electron chi connectivity index (χ0n) is 16.9. The third-order valence-corrected chi connectivity index (χ3v) is 5.45. The van der Waals surface area contributed by atoms with Crippen molar-refractivity contribution in [3.8, 4) is 0 Å². The van der Waals surface area contributed by atoms with Gasteiger partial charge >= 0.3 is 11.9 Å². The molecule has 11 nitrogen and oxygen atoms in total. The maximum absolute atomic E-state index is 12.9. The van der Waals surface area contributed by atoms with Crippen LogP contribution in [0.1, 0.15) is 38.9 Å². The minimum absolute atomic E-state index is 0.0216. The molecule has 0 aromatic carbocycles. The van der Waals surface area contributed by atoms with Crippen LogP contribution in [-0.4, -0.2) is 56.6 Å². The molecular weight excluding hydrogens is 432 g/mol. The van der Waals surface area contributed by atoms with E-state index in [-0.39, 0.29) is 36.6 Å². The normalized spacial score (nSPS) is 11.7. The number of rotatable bonds is 11. The van der Waals surface area contributed by atoms with Crippen LogP contribution in [0.5, 0.6) is 0 Å². The Labute approximate surface area is 181 Å². The van der Waals surface area contributed by atoms with Crippen molar-refractivity contribution in [1.29, 1.82) is 0 Å². The van der Waals surface area contributed by atoms with Gasteiger partial charge < -0.3 is 20.5 Å². The van der Waals surface area contributed by atoms with E-state index < -0.39 is 12.0 Å². The number of thioether (sulfide) groups is 1. The summed E-state index contributed by atoms with van der Waals surface area (Å²) in [4.78, 5) is 40.3. The summed E-state index contributed by atoms with van der Waals surface area (Å²) in [5, 5.41) is 12.9. The maximum Gasteiger partial charge on any atom is 0.316 e. The minimum Gasteiger partial charge on any atom is -0.466 e. The van der Waals surface area contributed by atoms with E-state index in [0.29, 0.717) is 29.0 Å². The lowest BCUT2D eigenvalue weighted by molar-refractivity contribution is -0.142. The second-order valence-corrected chi connectivity index (χ2v) is 7.64. The van der Waals surface area contributed by atoms with E-state index in [2.05, 4.69) is 20.5 Å². The van der Waals surface area contributed by atoms with Crippen LogP contribution in [0, 0.1) is 0 Å². The molecule has 0 aliphatic carbocycles. The summed E-state index contributed by atoms with van der Waals surface area (Å²) >= 11 is 2.29. The first-order valence-corrected chi connectivity index (χ1v) is 11.2. The first-order valence-electron chi connectivity index (χ1n) is 9.29. The molecule has 0 spiro atoms. The van der Waals surface area contributed by atoms with Crippen molar-refractivity contribution >= 4 is 52.0 Å². The van der Waals surface area contributed by atoms with Crippen molar-refractivity contribution in [2.75, 3.05) is 30.0 Å². The molecule has 0 radical (unpaired) electrons. The summed E-state index contributed by atoms with van der Waals surface area (Å²) in [5.74, 6) is -1.06. The van der Waals surface area contributed by atoms with E-state index in [1.54, 1.807) is 19.2 Å². The van der Waals surface area contributed by atoms with Crippen molar-refractivity contribution in [1.82, 2.24) is 19.7 Å². The van der Waals surface area contributed by atoms with Gasteiger partial charge in [-0.25, -0.2) is 4.98 Å². The lowest BCUT2D eigenvalue weighted by Crippen LogP contribution is -2.27. The molecule has 1 atom stereocenters. The Bertz CT molecular complexity index is 884. The van der Waals surface area contributed by atoms with Crippen molar-refractivity contribution < 1.29 is 23.9 Å². The molecule has 13 heteroatoms. The Morgan fingerprint density at radius 2 is 1.90 bits per heavy atom. The number of nitrogen functional groups attached to an aromatic ring is 1. The number of esters is 2. The number of aromatic nitrogens is 4. The highest BCUT2D eigenvalue weighted by Gasteiger charge is 2.26. The van der Waals surface area contributed by atoms with E-state index in [4.69, 9.17) is 15.2 Å². The standard InChI is InChI=1S/C17H24N6O5S2/c1-4-11(23-15(18)21-22-17(23)30-9-13(25)28-6-3)14(26)20-16-19-10(8-29-16)7-12(24)27-5-2/h8,11H,4-7,9H2,1-3H3,(H2,18,21)(H,19,20,26). The summed E-state index contributed by atoms with van der Waals surface area (Å²) in [6.45, 7) is 5.84. The van der Waals surface area contributed by atoms with E-state index in [1.807, 2.05) is 6.92 Å². The predicted molar refractivity (Wildman–Crippen MR) is 112 cm³/mol. The van der Waals surface area contributed by atoms with Crippen molar-refractivity contribution in [3.63, 3.8) is 0 Å². The van der Waals surface area contributed by atoms with Crippen LogP contribution in [0.3, 0.4) is 0 Å². The fourth-order valence-electron chi connectivity index (χ4n) is 2.49. The third kappa shape index (κ3) is 6.42. The number of carbonyl (C=O) groups is 3. The Balaban J connectivity index is 2.08. The van der Waals surface area contributed by atoms with Crippen LogP contribution in [-0.2, 0) is 30.3 Å². The van der Waals surface area contributed by atoms with Gasteiger partial charge in [-0.3, -0.25) is 19.0 Å². The molecule has 30 heavy (non-hydrogen) atoms. The van der Waals surface area contributed by atoms with Gasteiger partial charge in [0.2, 0.25) is 11.9 Å². The number of hydrogen-bond donors (Lipinski definition) is 2. The number of ether oxygens (including phenoxy) is 2. The number of nitrogens with two attached hydrogens (primary N) is 1. The molecule has 0 fully saturated rings. The zero-order chi connectivity index (χ0) is 22.1. The van der Waals surface area contributed by atoms with Crippen LogP contribution in [0.4, 0.5) is 11.1 Å². The van der Waals surface area contributed by atoms with Gasteiger partial charge in [0.25, 0.3) is 0 Å². The average Bonchev–Trinajstić information content (AvgIpc) is 3.28. The van der Waals surface area contributed by atoms with Gasteiger partial charge in [0.1, 0.15) is 6.04 Å². The molecule has 0 bridgehead atoms. The second kappa shape index (κ2) is 11.5. The topological polar surface area (TPSA) is 151 Å². The summed E-state index contributed by atoms with van der Waals surface area (Å²) < 4.78 is 11.3. The SMILES string of the molecule is CCOC(=O)CSc1nnc(N)n1C(CC)C(=O)Nc1nc(CC(=O)OCC)cs1. The Morgan fingerprint density at radius 3 is 2.57 bits per heavy atom. The molecule has 3 N–H and O–H groups in total. The summed E-state index contributed by atoms with van der Waals surface area (Å²) in [6, 6.07) is -0.706. The smallest absolute Gasteiger partial charge is 0.316 e. The monoisotopic (exact) mass is 456 g/mol. The average molecular weight is 457 g/mol. The van der Waals surface area contributed by atoms with Crippen LogP contribution >= 0.6 is 23.1 Å². The highest BCUT2D eigenvalue weighted by Crippen LogP contribution is 2.27. The Hall–Kier alpha value is -2.67. The summed E-state index contributed by atoms with van der Waals surface area (Å²) in [5.41, 5.74) is 6.43. The quantitative estimate of drug-likeness (QED) is 0.377. The first-order chi connectivity index (χ1) is 14.4. The lowest BCUT2D eigenvalue weighted by atomic mass is 10.2. The second-order valence-electron chi connectivity index (χ2n) is 5.84. The fraction of sp³-hybridized carbons (Fsp3) is 0.529. The largest absolute Gasteiger partial charge is 0.466 e. The first kappa shape index (κ1) is 23.6. The lowest BCUT2D eigenvalue weighted by Gasteiger charge is -2.18. The number of amides is 1. The molecule has 0 aliphatic rings. The van der Waals surface area contributed by atoms with Gasteiger partial charge in [-0.1, -0.05) is 18.7 Å². The molecule has 2 heterocycles. The Morgan fingerprint density at radius 1 is 1.20 bits per heavy atom. The van der Waals surface area contributed by atoms with Crippen LogP contribution in [0.25, 0.3) is 0 Å². The van der Waals surface area contributed by atoms with Gasteiger partial charge in [0.05, 0.1) is 31.1 Å². The van der Waals surface area contributed by atoms with Gasteiger partial charge in [-0.05, 0) is 20.3 Å². The van der Waals surface area contributed by atoms with Gasteiger partial charge in [-0.2, -0.15) is 0 Å². The molecule has 0 saturated carbocycles. The summed E-state index contributed by atoms with van der Waals surface area (Å²) in [6.07, 6.45) is 0.437. The van der Waals surface area contributed by atoms with Crippen LogP contribution < -0.4 is 11.1 Å². The number of hydrogen-bond acceptors (Lipinski definition) is 11. The zero-order valence-corrected chi connectivity index (χ0v) is 18.5. The van der Waals surface area contributed by atoms with Crippen LogP contribution in [0.15, 0.2) is 10.5 Å². The molecule has 0 saturated heterocycles. The highest BCUT2D eigenvalue weighted by atomic mass is 32.2. The number of anilines is 2. The van der Waals surface area contributed by atoms with Gasteiger partial charge in [0, 0.05) is 5.38 Å². The minimum atomic E-state index is -0.706. The van der Waals surface area contributed by atoms with Gasteiger partial charge in [0.15, 0.2) is 10.3 Å². The number of thiazole rings is 1.